The van der Waals surface area contributed by atoms with Gasteiger partial charge in [0.2, 0.25) is 0 Å². The molecule has 1 rings (SSSR count). The predicted molar refractivity (Wildman–Crippen MR) is 92.3 cm³/mol. The summed E-state index contributed by atoms with van der Waals surface area (Å²) in [4.78, 5) is 9.48. The van der Waals surface area contributed by atoms with E-state index >= 15 is 0 Å². The van der Waals surface area contributed by atoms with Crippen LogP contribution in [0.1, 0.15) is 64.9 Å². The van der Waals surface area contributed by atoms with E-state index in [2.05, 4.69) is 55.6 Å². The van der Waals surface area contributed by atoms with Crippen LogP contribution in [-0.4, -0.2) is 23.6 Å². The van der Waals surface area contributed by atoms with Gasteiger partial charge in [-0.25, -0.2) is 9.97 Å². The van der Waals surface area contributed by atoms with E-state index in [1.54, 1.807) is 7.11 Å². The number of rotatable bonds is 7. The molecule has 0 saturated carbocycles. The number of hydrogen-bond acceptors (Lipinski definition) is 4. The molecular weight excluding hydrogens is 365 g/mol. The first-order valence-corrected chi connectivity index (χ1v) is 8.34. The van der Waals surface area contributed by atoms with Gasteiger partial charge in [0.05, 0.1) is 9.26 Å². The monoisotopic (exact) mass is 391 g/mol. The van der Waals surface area contributed by atoms with E-state index < -0.39 is 5.60 Å². The van der Waals surface area contributed by atoms with Gasteiger partial charge in [-0.3, -0.25) is 0 Å². The SMILES string of the molecule is CCCNc1nc(C(C)(CC)OC)nc(C(C)C)c1I. The second-order valence-corrected chi connectivity index (χ2v) is 6.54. The van der Waals surface area contributed by atoms with Crippen LogP contribution in [0, 0.1) is 3.57 Å². The maximum Gasteiger partial charge on any atom is 0.162 e. The minimum absolute atomic E-state index is 0.365. The molecule has 0 spiro atoms. The van der Waals surface area contributed by atoms with Gasteiger partial charge < -0.3 is 10.1 Å². The fourth-order valence-corrected chi connectivity index (χ4v) is 2.89. The second kappa shape index (κ2) is 7.54. The maximum absolute atomic E-state index is 5.65. The Bertz CT molecular complexity index is 445. The van der Waals surface area contributed by atoms with Crippen molar-refractivity contribution in [1.29, 1.82) is 0 Å². The summed E-state index contributed by atoms with van der Waals surface area (Å²) in [5.41, 5.74) is 0.655. The molecule has 0 aliphatic carbocycles. The summed E-state index contributed by atoms with van der Waals surface area (Å²) in [7, 11) is 1.72. The quantitative estimate of drug-likeness (QED) is 0.705. The lowest BCUT2D eigenvalue weighted by Gasteiger charge is -2.27. The van der Waals surface area contributed by atoms with Crippen molar-refractivity contribution in [2.24, 2.45) is 0 Å². The number of anilines is 1. The zero-order chi connectivity index (χ0) is 15.3. The van der Waals surface area contributed by atoms with E-state index in [0.717, 1.165) is 40.3 Å². The molecule has 0 fully saturated rings. The molecule has 0 amide bonds. The van der Waals surface area contributed by atoms with Crippen LogP contribution in [0.15, 0.2) is 0 Å². The third kappa shape index (κ3) is 3.81. The van der Waals surface area contributed by atoms with Crippen molar-refractivity contribution >= 4 is 28.4 Å². The maximum atomic E-state index is 5.65. The van der Waals surface area contributed by atoms with Crippen molar-refractivity contribution in [1.82, 2.24) is 9.97 Å². The molecule has 4 nitrogen and oxygen atoms in total. The topological polar surface area (TPSA) is 47.0 Å². The van der Waals surface area contributed by atoms with Gasteiger partial charge in [0.15, 0.2) is 5.82 Å². The molecule has 0 aliphatic rings. The molecule has 0 bridgehead atoms. The molecule has 1 aromatic rings. The molecule has 0 radical (unpaired) electrons. The Hall–Kier alpha value is -0.430. The number of ether oxygens (including phenoxy) is 1. The van der Waals surface area contributed by atoms with Crippen LogP contribution >= 0.6 is 22.6 Å². The summed E-state index contributed by atoms with van der Waals surface area (Å²) >= 11 is 2.34. The van der Waals surface area contributed by atoms with Crippen LogP contribution < -0.4 is 5.32 Å². The Kier molecular flexibility index (Phi) is 6.64. The smallest absolute Gasteiger partial charge is 0.162 e. The molecule has 1 aromatic heterocycles. The van der Waals surface area contributed by atoms with Crippen molar-refractivity contribution in [3.63, 3.8) is 0 Å². The van der Waals surface area contributed by atoms with Gasteiger partial charge in [-0.1, -0.05) is 27.7 Å². The molecule has 1 atom stereocenters. The fourth-order valence-electron chi connectivity index (χ4n) is 1.84. The van der Waals surface area contributed by atoms with Gasteiger partial charge in [-0.05, 0) is 48.3 Å². The Balaban J connectivity index is 3.35. The van der Waals surface area contributed by atoms with E-state index in [1.165, 1.54) is 0 Å². The predicted octanol–water partition coefficient (Wildman–Crippen LogP) is 4.30. The fraction of sp³-hybridized carbons (Fsp3) is 0.733. The van der Waals surface area contributed by atoms with Crippen molar-refractivity contribution in [3.8, 4) is 0 Å². The summed E-state index contributed by atoms with van der Waals surface area (Å²) < 4.78 is 6.77. The highest BCUT2D eigenvalue weighted by Gasteiger charge is 2.29. The first kappa shape index (κ1) is 17.6. The number of methoxy groups -OCH3 is 1. The largest absolute Gasteiger partial charge is 0.371 e. The Labute approximate surface area is 136 Å². The van der Waals surface area contributed by atoms with Gasteiger partial charge in [0, 0.05) is 13.7 Å². The first-order chi connectivity index (χ1) is 9.39. The van der Waals surface area contributed by atoms with E-state index in [-0.39, 0.29) is 0 Å². The summed E-state index contributed by atoms with van der Waals surface area (Å²) in [5.74, 6) is 2.06. The molecule has 0 aliphatic heterocycles. The number of halogens is 1. The molecule has 5 heteroatoms. The highest BCUT2D eigenvalue weighted by Crippen LogP contribution is 2.31. The Morgan fingerprint density at radius 1 is 1.30 bits per heavy atom. The van der Waals surface area contributed by atoms with Crippen molar-refractivity contribution in [3.05, 3.63) is 15.1 Å². The van der Waals surface area contributed by atoms with Crippen molar-refractivity contribution in [2.45, 2.75) is 59.0 Å². The Morgan fingerprint density at radius 2 is 1.95 bits per heavy atom. The van der Waals surface area contributed by atoms with Gasteiger partial charge in [0.1, 0.15) is 11.4 Å². The number of hydrogen-bond donors (Lipinski definition) is 1. The van der Waals surface area contributed by atoms with Crippen LogP contribution in [0.4, 0.5) is 5.82 Å². The molecule has 1 unspecified atom stereocenters. The molecule has 20 heavy (non-hydrogen) atoms. The van der Waals surface area contributed by atoms with Crippen molar-refractivity contribution < 1.29 is 4.74 Å². The van der Waals surface area contributed by atoms with E-state index in [4.69, 9.17) is 14.7 Å². The number of nitrogens with zero attached hydrogens (tertiary/aromatic N) is 2. The number of aromatic nitrogens is 2. The molecule has 114 valence electrons. The lowest BCUT2D eigenvalue weighted by molar-refractivity contribution is -0.00910. The second-order valence-electron chi connectivity index (χ2n) is 5.47. The van der Waals surface area contributed by atoms with Crippen LogP contribution in [0.25, 0.3) is 0 Å². The van der Waals surface area contributed by atoms with Crippen LogP contribution in [0.3, 0.4) is 0 Å². The van der Waals surface area contributed by atoms with E-state index in [9.17, 15) is 0 Å². The summed E-state index contributed by atoms with van der Waals surface area (Å²) in [6.07, 6.45) is 1.91. The van der Waals surface area contributed by atoms with Gasteiger partial charge >= 0.3 is 0 Å². The molecule has 1 N–H and O–H groups in total. The van der Waals surface area contributed by atoms with Gasteiger partial charge in [-0.15, -0.1) is 0 Å². The van der Waals surface area contributed by atoms with Gasteiger partial charge in [0.25, 0.3) is 0 Å². The third-order valence-electron chi connectivity index (χ3n) is 3.56. The van der Waals surface area contributed by atoms with Crippen molar-refractivity contribution in [2.75, 3.05) is 19.0 Å². The molecule has 0 saturated heterocycles. The normalized spacial score (nSPS) is 14.4. The highest BCUT2D eigenvalue weighted by atomic mass is 127. The molecular formula is C15H26IN3O. The molecule has 1 heterocycles. The van der Waals surface area contributed by atoms with Gasteiger partial charge in [-0.2, -0.15) is 0 Å². The number of nitrogens with one attached hydrogen (secondary N) is 1. The lowest BCUT2D eigenvalue weighted by atomic mass is 10.0. The summed E-state index contributed by atoms with van der Waals surface area (Å²) in [6, 6.07) is 0. The average Bonchev–Trinajstić information content (AvgIpc) is 2.44. The zero-order valence-electron chi connectivity index (χ0n) is 13.4. The van der Waals surface area contributed by atoms with E-state index in [1.807, 2.05) is 6.92 Å². The summed E-state index contributed by atoms with van der Waals surface area (Å²) in [6.45, 7) is 11.5. The first-order valence-electron chi connectivity index (χ1n) is 7.26. The highest BCUT2D eigenvalue weighted by molar-refractivity contribution is 14.1. The molecule has 0 aromatic carbocycles. The zero-order valence-corrected chi connectivity index (χ0v) is 15.5. The Morgan fingerprint density at radius 3 is 2.40 bits per heavy atom. The van der Waals surface area contributed by atoms with Crippen LogP contribution in [0.2, 0.25) is 0 Å². The average molecular weight is 391 g/mol. The summed E-state index contributed by atoms with van der Waals surface area (Å²) in [5, 5.41) is 3.40. The lowest BCUT2D eigenvalue weighted by Crippen LogP contribution is -2.28. The minimum Gasteiger partial charge on any atom is -0.371 e. The van der Waals surface area contributed by atoms with Crippen LogP contribution in [0.5, 0.6) is 0 Å². The minimum atomic E-state index is -0.434. The standard InChI is InChI=1S/C15H26IN3O/c1-7-9-17-13-11(16)12(10(3)4)18-14(19-13)15(5,8-2)20-6/h10H,7-9H2,1-6H3,(H,17,18,19). The van der Waals surface area contributed by atoms with E-state index in [0.29, 0.717) is 5.92 Å². The third-order valence-corrected chi connectivity index (χ3v) is 4.63. The van der Waals surface area contributed by atoms with Crippen LogP contribution in [-0.2, 0) is 10.3 Å².